The lowest BCUT2D eigenvalue weighted by molar-refractivity contribution is -0.139. The molecule has 1 unspecified atom stereocenters. The minimum Gasteiger partial charge on any atom is -0.479 e. The van der Waals surface area contributed by atoms with Gasteiger partial charge < -0.3 is 15.7 Å². The first kappa shape index (κ1) is 14.8. The van der Waals surface area contributed by atoms with Crippen molar-refractivity contribution in [3.8, 4) is 0 Å². The van der Waals surface area contributed by atoms with Gasteiger partial charge in [-0.15, -0.1) is 11.3 Å². The zero-order valence-electron chi connectivity index (χ0n) is 10.2. The van der Waals surface area contributed by atoms with Crippen LogP contribution in [0.3, 0.4) is 0 Å². The maximum atomic E-state index is 11.9. The molecule has 0 aliphatic carbocycles. The Bertz CT molecular complexity index is 616. The molecular formula is C13H11IN2O3S. The van der Waals surface area contributed by atoms with Crippen LogP contribution >= 0.6 is 33.9 Å². The monoisotopic (exact) mass is 402 g/mol. The molecule has 104 valence electrons. The molecule has 2 aromatic rings. The second kappa shape index (κ2) is 6.71. The van der Waals surface area contributed by atoms with Gasteiger partial charge in [-0.3, -0.25) is 0 Å². The van der Waals surface area contributed by atoms with Crippen molar-refractivity contribution < 1.29 is 14.7 Å². The van der Waals surface area contributed by atoms with E-state index in [4.69, 9.17) is 5.11 Å². The zero-order chi connectivity index (χ0) is 14.5. The van der Waals surface area contributed by atoms with Crippen LogP contribution in [0.2, 0.25) is 0 Å². The van der Waals surface area contributed by atoms with Gasteiger partial charge in [0, 0.05) is 14.1 Å². The maximum Gasteiger partial charge on any atom is 0.331 e. The average molecular weight is 402 g/mol. The summed E-state index contributed by atoms with van der Waals surface area (Å²) in [5, 5.41) is 16.0. The summed E-state index contributed by atoms with van der Waals surface area (Å²) in [5.41, 5.74) is 0.615. The van der Waals surface area contributed by atoms with Crippen molar-refractivity contribution in [3.63, 3.8) is 0 Å². The van der Waals surface area contributed by atoms with Gasteiger partial charge in [0.15, 0.2) is 6.04 Å². The van der Waals surface area contributed by atoms with Crippen LogP contribution in [-0.2, 0) is 4.79 Å². The van der Waals surface area contributed by atoms with Crippen LogP contribution in [-0.4, -0.2) is 17.1 Å². The Hall–Kier alpha value is -1.61. The highest BCUT2D eigenvalue weighted by Gasteiger charge is 2.22. The molecule has 0 fully saturated rings. The topological polar surface area (TPSA) is 78.4 Å². The molecule has 0 bridgehead atoms. The molecule has 20 heavy (non-hydrogen) atoms. The van der Waals surface area contributed by atoms with E-state index < -0.39 is 18.0 Å². The Labute approximate surface area is 133 Å². The third kappa shape index (κ3) is 3.94. The number of benzene rings is 1. The standard InChI is InChI=1S/C13H11IN2O3S/c14-8-3-1-4-9(7-8)15-13(19)16-11(12(17)18)10-5-2-6-20-10/h1-7,11H,(H,17,18)(H2,15,16,19). The summed E-state index contributed by atoms with van der Waals surface area (Å²) in [6, 6.07) is 9.07. The Morgan fingerprint density at radius 2 is 2.05 bits per heavy atom. The molecule has 1 atom stereocenters. The SMILES string of the molecule is O=C(Nc1cccc(I)c1)NC(C(=O)O)c1cccs1. The number of amides is 2. The van der Waals surface area contributed by atoms with E-state index in [2.05, 4.69) is 33.2 Å². The molecule has 0 aliphatic rings. The van der Waals surface area contributed by atoms with E-state index >= 15 is 0 Å². The van der Waals surface area contributed by atoms with Crippen molar-refractivity contribution in [1.82, 2.24) is 5.32 Å². The first-order valence-corrected chi connectivity index (χ1v) is 7.61. The molecule has 0 spiro atoms. The van der Waals surface area contributed by atoms with Crippen molar-refractivity contribution in [2.24, 2.45) is 0 Å². The molecule has 7 heteroatoms. The molecule has 1 aromatic carbocycles. The van der Waals surface area contributed by atoms with Gasteiger partial charge in [0.1, 0.15) is 0 Å². The maximum absolute atomic E-state index is 11.9. The number of hydrogen-bond acceptors (Lipinski definition) is 3. The number of carbonyl (C=O) groups is 2. The first-order chi connectivity index (χ1) is 9.56. The summed E-state index contributed by atoms with van der Waals surface area (Å²) in [6.07, 6.45) is 0. The number of carboxylic acid groups (broad SMARTS) is 1. The Balaban J connectivity index is 2.04. The third-order valence-corrected chi connectivity index (χ3v) is 4.04. The van der Waals surface area contributed by atoms with Crippen LogP contribution < -0.4 is 10.6 Å². The summed E-state index contributed by atoms with van der Waals surface area (Å²) < 4.78 is 0.980. The summed E-state index contributed by atoms with van der Waals surface area (Å²) in [4.78, 5) is 23.6. The molecule has 0 radical (unpaired) electrons. The van der Waals surface area contributed by atoms with Gasteiger partial charge in [-0.05, 0) is 52.2 Å². The first-order valence-electron chi connectivity index (χ1n) is 5.65. The van der Waals surface area contributed by atoms with Crippen LogP contribution in [0.4, 0.5) is 10.5 Å². The molecule has 5 nitrogen and oxygen atoms in total. The molecule has 2 amide bonds. The van der Waals surface area contributed by atoms with E-state index in [0.29, 0.717) is 10.6 Å². The second-order valence-electron chi connectivity index (χ2n) is 3.90. The van der Waals surface area contributed by atoms with Gasteiger partial charge in [0.2, 0.25) is 0 Å². The molecular weight excluding hydrogens is 391 g/mol. The molecule has 0 saturated heterocycles. The van der Waals surface area contributed by atoms with Gasteiger partial charge in [-0.1, -0.05) is 12.1 Å². The van der Waals surface area contributed by atoms with E-state index in [1.807, 2.05) is 12.1 Å². The number of halogens is 1. The molecule has 0 aliphatic heterocycles. The van der Waals surface area contributed by atoms with Gasteiger partial charge in [0.25, 0.3) is 0 Å². The number of rotatable bonds is 4. The number of thiophene rings is 1. The van der Waals surface area contributed by atoms with Crippen LogP contribution in [0.25, 0.3) is 0 Å². The minimum absolute atomic E-state index is 0.548. The van der Waals surface area contributed by atoms with Crippen LogP contribution in [0.15, 0.2) is 41.8 Å². The Kier molecular flexibility index (Phi) is 4.96. The van der Waals surface area contributed by atoms with Gasteiger partial charge in [-0.2, -0.15) is 0 Å². The van der Waals surface area contributed by atoms with Crippen molar-refractivity contribution in [3.05, 3.63) is 50.2 Å². The van der Waals surface area contributed by atoms with Crippen molar-refractivity contribution in [2.45, 2.75) is 6.04 Å². The van der Waals surface area contributed by atoms with E-state index in [1.165, 1.54) is 11.3 Å². The molecule has 0 saturated carbocycles. The van der Waals surface area contributed by atoms with Gasteiger partial charge >= 0.3 is 12.0 Å². The fraction of sp³-hybridized carbons (Fsp3) is 0.0769. The van der Waals surface area contributed by atoms with Gasteiger partial charge in [0.05, 0.1) is 0 Å². The predicted molar refractivity (Wildman–Crippen MR) is 86.0 cm³/mol. The molecule has 2 rings (SSSR count). The summed E-state index contributed by atoms with van der Waals surface area (Å²) in [5.74, 6) is -1.09. The van der Waals surface area contributed by atoms with E-state index in [1.54, 1.807) is 29.6 Å². The second-order valence-corrected chi connectivity index (χ2v) is 6.12. The fourth-order valence-electron chi connectivity index (χ4n) is 1.57. The molecule has 1 heterocycles. The average Bonchev–Trinajstić information content (AvgIpc) is 2.89. The summed E-state index contributed by atoms with van der Waals surface area (Å²) in [6.45, 7) is 0. The number of carbonyl (C=O) groups excluding carboxylic acids is 1. The normalized spacial score (nSPS) is 11.7. The van der Waals surface area contributed by atoms with E-state index in [-0.39, 0.29) is 0 Å². The highest BCUT2D eigenvalue weighted by molar-refractivity contribution is 14.1. The largest absolute Gasteiger partial charge is 0.479 e. The quantitative estimate of drug-likeness (QED) is 0.687. The number of anilines is 1. The molecule has 3 N–H and O–H groups in total. The fourth-order valence-corrected chi connectivity index (χ4v) is 2.88. The Morgan fingerprint density at radius 1 is 1.25 bits per heavy atom. The Morgan fingerprint density at radius 3 is 2.65 bits per heavy atom. The lowest BCUT2D eigenvalue weighted by Gasteiger charge is -2.14. The highest BCUT2D eigenvalue weighted by Crippen LogP contribution is 2.19. The summed E-state index contributed by atoms with van der Waals surface area (Å²) >= 11 is 3.42. The number of aliphatic carboxylic acids is 1. The number of carboxylic acids is 1. The lowest BCUT2D eigenvalue weighted by atomic mass is 10.2. The lowest BCUT2D eigenvalue weighted by Crippen LogP contribution is -2.36. The van der Waals surface area contributed by atoms with E-state index in [9.17, 15) is 9.59 Å². The zero-order valence-corrected chi connectivity index (χ0v) is 13.1. The third-order valence-electron chi connectivity index (χ3n) is 2.43. The van der Waals surface area contributed by atoms with Crippen LogP contribution in [0.5, 0.6) is 0 Å². The number of nitrogens with one attached hydrogen (secondary N) is 2. The van der Waals surface area contributed by atoms with Crippen LogP contribution in [0, 0.1) is 3.57 Å². The number of hydrogen-bond donors (Lipinski definition) is 3. The smallest absolute Gasteiger partial charge is 0.331 e. The van der Waals surface area contributed by atoms with Gasteiger partial charge in [-0.25, -0.2) is 9.59 Å². The molecule has 1 aromatic heterocycles. The highest BCUT2D eigenvalue weighted by atomic mass is 127. The van der Waals surface area contributed by atoms with Crippen molar-refractivity contribution in [1.29, 1.82) is 0 Å². The van der Waals surface area contributed by atoms with E-state index in [0.717, 1.165) is 3.57 Å². The van der Waals surface area contributed by atoms with Crippen molar-refractivity contribution >= 4 is 51.6 Å². The van der Waals surface area contributed by atoms with Crippen LogP contribution in [0.1, 0.15) is 10.9 Å². The predicted octanol–water partition coefficient (Wildman–Crippen LogP) is 3.30. The van der Waals surface area contributed by atoms with Crippen molar-refractivity contribution in [2.75, 3.05) is 5.32 Å². The number of urea groups is 1. The summed E-state index contributed by atoms with van der Waals surface area (Å²) in [7, 11) is 0. The minimum atomic E-state index is -1.09.